The molecule has 0 saturated carbocycles. The van der Waals surface area contributed by atoms with Gasteiger partial charge in [-0.2, -0.15) is 0 Å². The van der Waals surface area contributed by atoms with E-state index in [4.69, 9.17) is 4.84 Å². The van der Waals surface area contributed by atoms with Crippen molar-refractivity contribution in [1.29, 1.82) is 0 Å². The molecule has 0 aliphatic carbocycles. The second kappa shape index (κ2) is 6.22. The molecule has 0 fully saturated rings. The van der Waals surface area contributed by atoms with E-state index < -0.39 is 15.4 Å². The van der Waals surface area contributed by atoms with Gasteiger partial charge in [0.25, 0.3) is 0 Å². The summed E-state index contributed by atoms with van der Waals surface area (Å²) >= 11 is 0. The maximum Gasteiger partial charge on any atom is 0.151 e. The van der Waals surface area contributed by atoms with Crippen LogP contribution in [0.3, 0.4) is 0 Å². The highest BCUT2D eigenvalue weighted by atomic mass is 32.2. The lowest BCUT2D eigenvalue weighted by atomic mass is 10.2. The fourth-order valence-electron chi connectivity index (χ4n) is 1.58. The van der Waals surface area contributed by atoms with E-state index in [0.717, 1.165) is 6.20 Å². The van der Waals surface area contributed by atoms with Crippen LogP contribution in [0.2, 0.25) is 0 Å². The maximum atomic E-state index is 11.3. The molecule has 0 aliphatic heterocycles. The molecule has 1 aromatic rings. The summed E-state index contributed by atoms with van der Waals surface area (Å²) in [5, 5.41) is 1.29. The molecule has 1 aromatic carbocycles. The van der Waals surface area contributed by atoms with Crippen LogP contribution in [0.1, 0.15) is 26.3 Å². The van der Waals surface area contributed by atoms with Crippen molar-refractivity contribution in [1.82, 2.24) is 0 Å². The van der Waals surface area contributed by atoms with Gasteiger partial charge in [0.2, 0.25) is 0 Å². The third-order valence-electron chi connectivity index (χ3n) is 2.14. The molecule has 0 heterocycles. The van der Waals surface area contributed by atoms with E-state index in [-0.39, 0.29) is 5.75 Å². The Morgan fingerprint density at radius 1 is 1.35 bits per heavy atom. The van der Waals surface area contributed by atoms with Crippen LogP contribution in [-0.4, -0.2) is 26.2 Å². The standard InChI is InChI=1S/C14H19NO4S/c1-14(2,3)19-15(8-9-16)13-7-5-6-12(10-13)11-20(4,17)18/h5-8,10H,11H2,1-4H3. The van der Waals surface area contributed by atoms with Gasteiger partial charge in [-0.15, -0.1) is 0 Å². The summed E-state index contributed by atoms with van der Waals surface area (Å²) in [4.78, 5) is 16.2. The summed E-state index contributed by atoms with van der Waals surface area (Å²) in [7, 11) is -3.11. The van der Waals surface area contributed by atoms with Crippen molar-refractivity contribution in [2.45, 2.75) is 32.1 Å². The number of anilines is 1. The van der Waals surface area contributed by atoms with Crippen LogP contribution in [0.4, 0.5) is 5.69 Å². The smallest absolute Gasteiger partial charge is 0.151 e. The van der Waals surface area contributed by atoms with E-state index >= 15 is 0 Å². The lowest BCUT2D eigenvalue weighted by Crippen LogP contribution is -2.30. The number of carbonyl (C=O) groups excluding carboxylic acids is 1. The van der Waals surface area contributed by atoms with Crippen molar-refractivity contribution in [2.75, 3.05) is 11.3 Å². The van der Waals surface area contributed by atoms with Crippen molar-refractivity contribution in [3.05, 3.63) is 36.0 Å². The Bertz CT molecular complexity index is 610. The minimum atomic E-state index is -3.11. The Kier molecular flexibility index (Phi) is 5.11. The van der Waals surface area contributed by atoms with Gasteiger partial charge < -0.3 is 0 Å². The Hall–Kier alpha value is -1.62. The van der Waals surface area contributed by atoms with Gasteiger partial charge in [-0.3, -0.25) is 4.84 Å². The average Bonchev–Trinajstić information content (AvgIpc) is 2.24. The Morgan fingerprint density at radius 2 is 2.00 bits per heavy atom. The first-order valence-corrected chi connectivity index (χ1v) is 8.13. The normalized spacial score (nSPS) is 11.8. The summed E-state index contributed by atoms with van der Waals surface area (Å²) in [6.45, 7) is 5.54. The Morgan fingerprint density at radius 3 is 2.50 bits per heavy atom. The van der Waals surface area contributed by atoms with E-state index in [1.165, 1.54) is 11.3 Å². The number of rotatable bonds is 5. The number of hydroxylamine groups is 1. The molecule has 0 radical (unpaired) electrons. The van der Waals surface area contributed by atoms with Gasteiger partial charge in [-0.25, -0.2) is 18.3 Å². The molecule has 110 valence electrons. The number of hydrogen-bond acceptors (Lipinski definition) is 5. The molecule has 5 nitrogen and oxygen atoms in total. The van der Waals surface area contributed by atoms with Gasteiger partial charge in [0, 0.05) is 6.26 Å². The van der Waals surface area contributed by atoms with Gasteiger partial charge in [-0.1, -0.05) is 12.1 Å². The third-order valence-corrected chi connectivity index (χ3v) is 2.99. The molecule has 0 N–H and O–H groups in total. The average molecular weight is 297 g/mol. The monoisotopic (exact) mass is 297 g/mol. The van der Waals surface area contributed by atoms with Crippen LogP contribution < -0.4 is 5.06 Å². The maximum absolute atomic E-state index is 11.3. The fourth-order valence-corrected chi connectivity index (χ4v) is 2.37. The van der Waals surface area contributed by atoms with Crippen LogP contribution in [0, 0.1) is 0 Å². The van der Waals surface area contributed by atoms with Crippen LogP contribution in [0.25, 0.3) is 0 Å². The minimum Gasteiger partial charge on any atom is -0.263 e. The lowest BCUT2D eigenvalue weighted by Gasteiger charge is -2.28. The molecular formula is C14H19NO4S. The molecule has 6 heteroatoms. The van der Waals surface area contributed by atoms with Gasteiger partial charge in [0.15, 0.2) is 9.84 Å². The number of hydrogen-bond donors (Lipinski definition) is 0. The van der Waals surface area contributed by atoms with E-state index in [0.29, 0.717) is 11.3 Å². The summed E-state index contributed by atoms with van der Waals surface area (Å²) in [5.41, 5.74) is 0.705. The van der Waals surface area contributed by atoms with E-state index in [2.05, 4.69) is 0 Å². The van der Waals surface area contributed by atoms with Crippen molar-refractivity contribution < 1.29 is 18.0 Å². The quantitative estimate of drug-likeness (QED) is 0.615. The predicted octanol–water partition coefficient (Wildman–Crippen LogP) is 2.11. The molecule has 0 aliphatic rings. The number of sulfone groups is 1. The lowest BCUT2D eigenvalue weighted by molar-refractivity contribution is -0.00522. The van der Waals surface area contributed by atoms with Gasteiger partial charge in [0.1, 0.15) is 12.1 Å². The molecule has 0 spiro atoms. The summed E-state index contributed by atoms with van der Waals surface area (Å²) in [5.74, 6) is 1.60. The number of benzene rings is 1. The second-order valence-corrected chi connectivity index (χ2v) is 7.66. The highest BCUT2D eigenvalue weighted by molar-refractivity contribution is 7.89. The molecule has 20 heavy (non-hydrogen) atoms. The molecule has 0 unspecified atom stereocenters. The van der Waals surface area contributed by atoms with Crippen LogP contribution in [0.15, 0.2) is 30.5 Å². The first kappa shape index (κ1) is 16.4. The zero-order valence-electron chi connectivity index (χ0n) is 12.1. The van der Waals surface area contributed by atoms with Gasteiger partial charge in [0.05, 0.1) is 17.0 Å². The van der Waals surface area contributed by atoms with E-state index in [9.17, 15) is 13.2 Å². The molecular weight excluding hydrogens is 278 g/mol. The predicted molar refractivity (Wildman–Crippen MR) is 78.6 cm³/mol. The SMILES string of the molecule is CC(C)(C)ON(C=C=O)c1cccc(CS(C)(=O)=O)c1. The molecule has 0 atom stereocenters. The zero-order chi connectivity index (χ0) is 15.4. The molecule has 0 bridgehead atoms. The van der Waals surface area contributed by atoms with Crippen molar-refractivity contribution in [3.8, 4) is 0 Å². The first-order chi connectivity index (χ1) is 9.11. The van der Waals surface area contributed by atoms with Crippen molar-refractivity contribution in [2.24, 2.45) is 0 Å². The number of nitrogens with zero attached hydrogens (tertiary/aromatic N) is 1. The first-order valence-electron chi connectivity index (χ1n) is 6.07. The van der Waals surface area contributed by atoms with Crippen LogP contribution in [0.5, 0.6) is 0 Å². The van der Waals surface area contributed by atoms with E-state index in [1.807, 2.05) is 20.8 Å². The summed E-state index contributed by atoms with van der Waals surface area (Å²) in [6, 6.07) is 6.82. The second-order valence-electron chi connectivity index (χ2n) is 5.52. The molecule has 1 rings (SSSR count). The molecule has 0 aromatic heterocycles. The molecule has 0 saturated heterocycles. The summed E-state index contributed by atoms with van der Waals surface area (Å²) < 4.78 is 22.6. The zero-order valence-corrected chi connectivity index (χ0v) is 12.9. The van der Waals surface area contributed by atoms with Crippen LogP contribution >= 0.6 is 0 Å². The topological polar surface area (TPSA) is 63.7 Å². The molecule has 0 amide bonds. The largest absolute Gasteiger partial charge is 0.263 e. The fraction of sp³-hybridized carbons (Fsp3) is 0.429. The van der Waals surface area contributed by atoms with Gasteiger partial charge in [-0.05, 0) is 38.5 Å². The highest BCUT2D eigenvalue weighted by Gasteiger charge is 2.17. The van der Waals surface area contributed by atoms with Crippen molar-refractivity contribution in [3.63, 3.8) is 0 Å². The van der Waals surface area contributed by atoms with Crippen molar-refractivity contribution >= 4 is 21.5 Å². The highest BCUT2D eigenvalue weighted by Crippen LogP contribution is 2.21. The van der Waals surface area contributed by atoms with E-state index in [1.54, 1.807) is 30.2 Å². The Labute approximate surface area is 119 Å². The van der Waals surface area contributed by atoms with Crippen LogP contribution in [-0.2, 0) is 25.2 Å². The third kappa shape index (κ3) is 6.02. The minimum absolute atomic E-state index is 0.0605. The van der Waals surface area contributed by atoms with Gasteiger partial charge >= 0.3 is 0 Å². The Balaban J connectivity index is 3.09. The summed E-state index contributed by atoms with van der Waals surface area (Å²) in [6.07, 6.45) is 2.30.